The van der Waals surface area contributed by atoms with Crippen LogP contribution in [0.3, 0.4) is 0 Å². The normalized spacial score (nSPS) is 16.9. The minimum absolute atomic E-state index is 0.203. The summed E-state index contributed by atoms with van der Waals surface area (Å²) in [6.07, 6.45) is 4.52. The first kappa shape index (κ1) is 35.1. The first-order chi connectivity index (χ1) is 22.5. The number of hydrogen-bond donors (Lipinski definition) is 1. The van der Waals surface area contributed by atoms with Gasteiger partial charge in [-0.05, 0) is 92.5 Å². The minimum atomic E-state index is -3.66. The van der Waals surface area contributed by atoms with Crippen molar-refractivity contribution in [2.24, 2.45) is 0 Å². The lowest BCUT2D eigenvalue weighted by atomic mass is 9.79. The molecule has 1 aromatic heterocycles. The summed E-state index contributed by atoms with van der Waals surface area (Å²) in [5.41, 5.74) is 2.43. The number of allylic oxidation sites excluding steroid dienone is 2. The second kappa shape index (κ2) is 13.4. The molecule has 48 heavy (non-hydrogen) atoms. The number of para-hydroxylation sites is 1. The predicted octanol–water partition coefficient (Wildman–Crippen LogP) is 6.63. The molecule has 2 aliphatic rings. The van der Waals surface area contributed by atoms with Crippen LogP contribution in [0.4, 0.5) is 0 Å². The lowest BCUT2D eigenvalue weighted by Crippen LogP contribution is -2.36. The van der Waals surface area contributed by atoms with Crippen LogP contribution in [0.2, 0.25) is 0 Å². The number of dihydropyridines is 1. The van der Waals surface area contributed by atoms with Crippen LogP contribution in [-0.2, 0) is 29.1 Å². The van der Waals surface area contributed by atoms with Gasteiger partial charge in [-0.15, -0.1) is 0 Å². The van der Waals surface area contributed by atoms with Crippen molar-refractivity contribution in [1.29, 1.82) is 0 Å². The molecule has 1 fully saturated rings. The average molecular weight is 675 g/mol. The third-order valence-electron chi connectivity index (χ3n) is 8.15. The van der Waals surface area contributed by atoms with Gasteiger partial charge in [-0.3, -0.25) is 0 Å². The SMILES string of the molecule is CC1=C(C(=O)OC(C)(C)C)C(c2cn(-c3ccccc3)nc2-c2ccc(S(=O)(=O)N3CCCCC3)cc2)C(C(=O)OC(C)(C)C)=C(C)N1. The number of aromatic nitrogens is 2. The zero-order valence-electron chi connectivity index (χ0n) is 29.1. The van der Waals surface area contributed by atoms with E-state index < -0.39 is 39.1 Å². The van der Waals surface area contributed by atoms with Crippen LogP contribution in [0.25, 0.3) is 16.9 Å². The summed E-state index contributed by atoms with van der Waals surface area (Å²) in [5, 5.41) is 8.21. The number of hydrogen-bond acceptors (Lipinski definition) is 8. The van der Waals surface area contributed by atoms with Gasteiger partial charge in [-0.25, -0.2) is 22.7 Å². The number of benzene rings is 2. The van der Waals surface area contributed by atoms with Crippen LogP contribution >= 0.6 is 0 Å². The maximum atomic E-state index is 14.0. The summed E-state index contributed by atoms with van der Waals surface area (Å²) in [7, 11) is -3.66. The number of rotatable bonds is 7. The monoisotopic (exact) mass is 674 g/mol. The van der Waals surface area contributed by atoms with E-state index in [-0.39, 0.29) is 16.0 Å². The molecule has 0 radical (unpaired) electrons. The molecule has 0 amide bonds. The lowest BCUT2D eigenvalue weighted by molar-refractivity contribution is -0.150. The fourth-order valence-corrected chi connectivity index (χ4v) is 7.60. The Balaban J connectivity index is 1.71. The highest BCUT2D eigenvalue weighted by atomic mass is 32.2. The Hall–Kier alpha value is -4.22. The van der Waals surface area contributed by atoms with Gasteiger partial charge < -0.3 is 14.8 Å². The van der Waals surface area contributed by atoms with Crippen molar-refractivity contribution >= 4 is 22.0 Å². The quantitative estimate of drug-likeness (QED) is 0.278. The molecule has 11 heteroatoms. The molecule has 3 aromatic rings. The van der Waals surface area contributed by atoms with E-state index in [4.69, 9.17) is 14.6 Å². The molecule has 0 aliphatic carbocycles. The molecule has 2 aliphatic heterocycles. The summed E-state index contributed by atoms with van der Waals surface area (Å²) < 4.78 is 42.0. The van der Waals surface area contributed by atoms with Crippen LogP contribution in [0.5, 0.6) is 0 Å². The molecule has 5 rings (SSSR count). The highest BCUT2D eigenvalue weighted by molar-refractivity contribution is 7.89. The standard InChI is InChI=1S/C37H46N4O6S/c1-24-30(34(42)46-36(3,4)5)32(31(25(2)38-24)35(43)47-37(6,7)8)29-23-41(27-15-11-9-12-16-27)39-33(29)26-17-19-28(20-18-26)48(44,45)40-21-13-10-14-22-40/h9,11-12,15-20,23,32,38H,10,13-14,21-22H2,1-8H3. The number of nitrogens with zero attached hydrogens (tertiary/aromatic N) is 3. The molecule has 256 valence electrons. The van der Waals surface area contributed by atoms with Gasteiger partial charge in [0.1, 0.15) is 11.2 Å². The molecular weight excluding hydrogens is 628 g/mol. The Kier molecular flexibility index (Phi) is 9.76. The highest BCUT2D eigenvalue weighted by Gasteiger charge is 2.42. The number of piperidine rings is 1. The number of carbonyl (C=O) groups excluding carboxylic acids is 2. The predicted molar refractivity (Wildman–Crippen MR) is 185 cm³/mol. The van der Waals surface area contributed by atoms with Crippen LogP contribution in [0.15, 0.2) is 88.2 Å². The number of ether oxygens (including phenoxy) is 2. The van der Waals surface area contributed by atoms with E-state index in [0.29, 0.717) is 41.3 Å². The van der Waals surface area contributed by atoms with Crippen LogP contribution in [0.1, 0.15) is 86.1 Å². The van der Waals surface area contributed by atoms with Crippen LogP contribution in [-0.4, -0.2) is 58.7 Å². The fraction of sp³-hybridized carbons (Fsp3) is 0.432. The van der Waals surface area contributed by atoms with E-state index >= 15 is 0 Å². The molecule has 0 atom stereocenters. The van der Waals surface area contributed by atoms with Crippen LogP contribution < -0.4 is 5.32 Å². The molecule has 1 N–H and O–H groups in total. The van der Waals surface area contributed by atoms with E-state index in [1.807, 2.05) is 36.5 Å². The van der Waals surface area contributed by atoms with Crippen molar-refractivity contribution in [3.8, 4) is 16.9 Å². The Morgan fingerprint density at radius 3 is 1.81 bits per heavy atom. The summed E-state index contributed by atoms with van der Waals surface area (Å²) in [5.74, 6) is -2.07. The van der Waals surface area contributed by atoms with E-state index in [2.05, 4.69) is 5.32 Å². The molecule has 0 saturated carbocycles. The third kappa shape index (κ3) is 7.57. The van der Waals surface area contributed by atoms with Gasteiger partial charge in [0.2, 0.25) is 10.0 Å². The van der Waals surface area contributed by atoms with Gasteiger partial charge in [0.05, 0.1) is 33.3 Å². The summed E-state index contributed by atoms with van der Waals surface area (Å²) in [6.45, 7) is 15.3. The highest BCUT2D eigenvalue weighted by Crippen LogP contribution is 2.44. The average Bonchev–Trinajstić information content (AvgIpc) is 3.45. The summed E-state index contributed by atoms with van der Waals surface area (Å²) in [6, 6.07) is 16.2. The molecule has 0 unspecified atom stereocenters. The Morgan fingerprint density at radius 2 is 1.31 bits per heavy atom. The van der Waals surface area contributed by atoms with Gasteiger partial charge in [0.25, 0.3) is 0 Å². The van der Waals surface area contributed by atoms with Crippen molar-refractivity contribution in [2.45, 2.75) is 96.7 Å². The molecule has 1 saturated heterocycles. The molecule has 0 spiro atoms. The van der Waals surface area contributed by atoms with Gasteiger partial charge >= 0.3 is 11.9 Å². The van der Waals surface area contributed by atoms with E-state index in [1.54, 1.807) is 84.3 Å². The molecule has 3 heterocycles. The molecule has 0 bridgehead atoms. The fourth-order valence-electron chi connectivity index (χ4n) is 6.09. The Labute approximate surface area is 283 Å². The first-order valence-electron chi connectivity index (χ1n) is 16.4. The van der Waals surface area contributed by atoms with E-state index in [0.717, 1.165) is 24.9 Å². The molecular formula is C37H46N4O6S. The van der Waals surface area contributed by atoms with Crippen molar-refractivity contribution < 1.29 is 27.5 Å². The number of nitrogens with one attached hydrogen (secondary N) is 1. The third-order valence-corrected chi connectivity index (χ3v) is 10.1. The zero-order valence-corrected chi connectivity index (χ0v) is 29.9. The molecule has 10 nitrogen and oxygen atoms in total. The second-order valence-electron chi connectivity index (χ2n) is 14.3. The van der Waals surface area contributed by atoms with Crippen molar-refractivity contribution in [1.82, 2.24) is 19.4 Å². The Bertz CT molecular complexity index is 1800. The minimum Gasteiger partial charge on any atom is -0.457 e. The lowest BCUT2D eigenvalue weighted by Gasteiger charge is -2.33. The van der Waals surface area contributed by atoms with Gasteiger partial charge in [-0.2, -0.15) is 9.40 Å². The van der Waals surface area contributed by atoms with Crippen molar-refractivity contribution in [3.63, 3.8) is 0 Å². The van der Waals surface area contributed by atoms with E-state index in [1.165, 1.54) is 4.31 Å². The largest absolute Gasteiger partial charge is 0.457 e. The van der Waals surface area contributed by atoms with Gasteiger partial charge in [0, 0.05) is 41.8 Å². The topological polar surface area (TPSA) is 120 Å². The second-order valence-corrected chi connectivity index (χ2v) is 16.3. The van der Waals surface area contributed by atoms with Gasteiger partial charge in [-0.1, -0.05) is 36.8 Å². The Morgan fingerprint density at radius 1 is 0.792 bits per heavy atom. The summed E-state index contributed by atoms with van der Waals surface area (Å²) >= 11 is 0. The number of sulfonamides is 1. The van der Waals surface area contributed by atoms with Crippen LogP contribution in [0, 0.1) is 0 Å². The number of carbonyl (C=O) groups is 2. The smallest absolute Gasteiger partial charge is 0.337 e. The first-order valence-corrected chi connectivity index (χ1v) is 17.8. The van der Waals surface area contributed by atoms with Crippen molar-refractivity contribution in [3.05, 3.63) is 88.9 Å². The maximum absolute atomic E-state index is 14.0. The molecule has 2 aromatic carbocycles. The van der Waals surface area contributed by atoms with E-state index in [9.17, 15) is 18.0 Å². The maximum Gasteiger partial charge on any atom is 0.337 e. The van der Waals surface area contributed by atoms with Crippen molar-refractivity contribution in [2.75, 3.05) is 13.1 Å². The summed E-state index contributed by atoms with van der Waals surface area (Å²) in [4.78, 5) is 28.2. The number of esters is 2. The zero-order chi connectivity index (χ0) is 35.0. The van der Waals surface area contributed by atoms with Gasteiger partial charge in [0.15, 0.2) is 0 Å².